The number of hydrogen-bond donors (Lipinski definition) is 3. The van der Waals surface area contributed by atoms with E-state index in [1.807, 2.05) is 5.38 Å². The maximum absolute atomic E-state index is 10.8. The number of amides is 1. The third-order valence-electron chi connectivity index (χ3n) is 1.70. The summed E-state index contributed by atoms with van der Waals surface area (Å²) in [5.74, 6) is -0.250. The summed E-state index contributed by atoms with van der Waals surface area (Å²) in [5, 5.41) is 13.5. The number of anilines is 1. The molecule has 1 atom stereocenters. The number of aromatic nitrogens is 1. The molecule has 1 heterocycles. The van der Waals surface area contributed by atoms with E-state index in [0.717, 1.165) is 5.69 Å². The molecular weight excluding hydrogens is 262 g/mol. The van der Waals surface area contributed by atoms with E-state index < -0.39 is 12.0 Å². The predicted molar refractivity (Wildman–Crippen MR) is 68.2 cm³/mol. The average Bonchev–Trinajstić information content (AvgIpc) is 2.64. The molecule has 17 heavy (non-hydrogen) atoms. The van der Waals surface area contributed by atoms with Crippen molar-refractivity contribution in [2.24, 2.45) is 5.73 Å². The number of rotatable bonds is 6. The summed E-state index contributed by atoms with van der Waals surface area (Å²) >= 11 is 2.74. The first-order chi connectivity index (χ1) is 7.99. The minimum absolute atomic E-state index is 0.161. The Hall–Kier alpha value is -1.12. The highest BCUT2D eigenvalue weighted by atomic mass is 32.2. The number of hydrogen-bond acceptors (Lipinski definition) is 6. The van der Waals surface area contributed by atoms with Crippen molar-refractivity contribution >= 4 is 40.1 Å². The van der Waals surface area contributed by atoms with Crippen LogP contribution in [0.1, 0.15) is 12.6 Å². The molecule has 0 unspecified atom stereocenters. The molecule has 1 aromatic heterocycles. The predicted octanol–water partition coefficient (Wildman–Crippen LogP) is 0.747. The number of nitrogens with one attached hydrogen (secondary N) is 1. The molecule has 0 aromatic carbocycles. The van der Waals surface area contributed by atoms with Crippen LogP contribution in [0.25, 0.3) is 0 Å². The highest BCUT2D eigenvalue weighted by Crippen LogP contribution is 2.19. The zero-order valence-corrected chi connectivity index (χ0v) is 10.8. The molecule has 0 aliphatic heterocycles. The van der Waals surface area contributed by atoms with Crippen LogP contribution in [0.15, 0.2) is 5.38 Å². The fraction of sp³-hybridized carbons (Fsp3) is 0.444. The smallest absolute Gasteiger partial charge is 0.321 e. The average molecular weight is 275 g/mol. The van der Waals surface area contributed by atoms with Crippen LogP contribution in [0.4, 0.5) is 5.13 Å². The molecule has 8 heteroatoms. The summed E-state index contributed by atoms with van der Waals surface area (Å²) in [7, 11) is 0. The maximum Gasteiger partial charge on any atom is 0.321 e. The largest absolute Gasteiger partial charge is 0.480 e. The fourth-order valence-corrected chi connectivity index (χ4v) is 2.68. The van der Waals surface area contributed by atoms with Gasteiger partial charge in [-0.2, -0.15) is 11.8 Å². The van der Waals surface area contributed by atoms with Gasteiger partial charge in [-0.1, -0.05) is 0 Å². The standard InChI is InChI=1S/C9H13N3O3S2/c1-5(13)11-9-12-6(3-17-9)2-16-4-7(10)8(14)15/h3,7H,2,4,10H2,1H3,(H,14,15)(H,11,12,13)/t7-/m1/s1. The van der Waals surface area contributed by atoms with E-state index in [1.165, 1.54) is 30.0 Å². The first-order valence-electron chi connectivity index (χ1n) is 4.77. The Labute approximate surface area is 107 Å². The van der Waals surface area contributed by atoms with Gasteiger partial charge in [0, 0.05) is 23.8 Å². The lowest BCUT2D eigenvalue weighted by molar-refractivity contribution is -0.137. The molecule has 0 aliphatic rings. The van der Waals surface area contributed by atoms with Gasteiger partial charge in [0.2, 0.25) is 5.91 Å². The molecule has 0 radical (unpaired) electrons. The monoisotopic (exact) mass is 275 g/mol. The van der Waals surface area contributed by atoms with Gasteiger partial charge in [0.1, 0.15) is 6.04 Å². The second-order valence-electron chi connectivity index (χ2n) is 3.29. The number of carboxylic acids is 1. The van der Waals surface area contributed by atoms with Gasteiger partial charge in [-0.25, -0.2) is 4.98 Å². The Bertz CT molecular complexity index is 408. The lowest BCUT2D eigenvalue weighted by atomic mass is 10.4. The highest BCUT2D eigenvalue weighted by Gasteiger charge is 2.11. The van der Waals surface area contributed by atoms with Crippen molar-refractivity contribution in [3.05, 3.63) is 11.1 Å². The number of nitrogens with two attached hydrogens (primary N) is 1. The van der Waals surface area contributed by atoms with E-state index in [4.69, 9.17) is 10.8 Å². The van der Waals surface area contributed by atoms with E-state index in [-0.39, 0.29) is 5.91 Å². The lowest BCUT2D eigenvalue weighted by Gasteiger charge is -2.04. The van der Waals surface area contributed by atoms with Crippen molar-refractivity contribution in [1.82, 2.24) is 4.98 Å². The molecule has 0 bridgehead atoms. The van der Waals surface area contributed by atoms with Gasteiger partial charge in [-0.15, -0.1) is 11.3 Å². The minimum atomic E-state index is -1.00. The molecule has 1 aromatic rings. The van der Waals surface area contributed by atoms with Crippen molar-refractivity contribution in [3.63, 3.8) is 0 Å². The van der Waals surface area contributed by atoms with Crippen LogP contribution in [0.5, 0.6) is 0 Å². The number of thioether (sulfide) groups is 1. The molecule has 6 nitrogen and oxygen atoms in total. The van der Waals surface area contributed by atoms with Gasteiger partial charge < -0.3 is 16.2 Å². The van der Waals surface area contributed by atoms with Crippen molar-refractivity contribution in [1.29, 1.82) is 0 Å². The molecule has 0 fully saturated rings. The molecule has 0 aliphatic carbocycles. The summed E-state index contributed by atoms with van der Waals surface area (Å²) < 4.78 is 0. The van der Waals surface area contributed by atoms with Gasteiger partial charge in [-0.3, -0.25) is 9.59 Å². The molecule has 4 N–H and O–H groups in total. The van der Waals surface area contributed by atoms with Crippen LogP contribution < -0.4 is 11.1 Å². The normalized spacial score (nSPS) is 12.1. The second-order valence-corrected chi connectivity index (χ2v) is 5.17. The fourth-order valence-electron chi connectivity index (χ4n) is 0.943. The highest BCUT2D eigenvalue weighted by molar-refractivity contribution is 7.98. The maximum atomic E-state index is 10.8. The van der Waals surface area contributed by atoms with Crippen LogP contribution in [0, 0.1) is 0 Å². The number of nitrogens with zero attached hydrogens (tertiary/aromatic N) is 1. The number of thiazole rings is 1. The van der Waals surface area contributed by atoms with Crippen molar-refractivity contribution in [2.45, 2.75) is 18.7 Å². The van der Waals surface area contributed by atoms with Crippen LogP contribution in [-0.2, 0) is 15.3 Å². The Balaban J connectivity index is 2.34. The summed E-state index contributed by atoms with van der Waals surface area (Å²) in [4.78, 5) is 25.4. The number of carbonyl (C=O) groups excluding carboxylic acids is 1. The first-order valence-corrected chi connectivity index (χ1v) is 6.80. The molecule has 0 saturated carbocycles. The topological polar surface area (TPSA) is 105 Å². The van der Waals surface area contributed by atoms with Gasteiger partial charge in [-0.05, 0) is 0 Å². The van der Waals surface area contributed by atoms with Gasteiger partial charge in [0.15, 0.2) is 5.13 Å². The van der Waals surface area contributed by atoms with Crippen molar-refractivity contribution in [2.75, 3.05) is 11.1 Å². The number of aliphatic carboxylic acids is 1. The van der Waals surface area contributed by atoms with E-state index >= 15 is 0 Å². The first kappa shape index (κ1) is 13.9. The van der Waals surface area contributed by atoms with Crippen molar-refractivity contribution in [3.8, 4) is 0 Å². The van der Waals surface area contributed by atoms with Gasteiger partial charge in [0.25, 0.3) is 0 Å². The third-order valence-corrected chi connectivity index (χ3v) is 3.60. The quantitative estimate of drug-likeness (QED) is 0.707. The van der Waals surface area contributed by atoms with Gasteiger partial charge in [0.05, 0.1) is 5.69 Å². The molecule has 94 valence electrons. The van der Waals surface area contributed by atoms with E-state index in [1.54, 1.807) is 0 Å². The SMILES string of the molecule is CC(=O)Nc1nc(CSC[C@@H](N)C(=O)O)cs1. The Morgan fingerprint density at radius 1 is 1.71 bits per heavy atom. The number of carbonyl (C=O) groups is 2. The van der Waals surface area contributed by atoms with Crippen LogP contribution >= 0.6 is 23.1 Å². The zero-order valence-electron chi connectivity index (χ0n) is 9.17. The lowest BCUT2D eigenvalue weighted by Crippen LogP contribution is -2.32. The second kappa shape index (κ2) is 6.58. The van der Waals surface area contributed by atoms with E-state index in [2.05, 4.69) is 10.3 Å². The third kappa shape index (κ3) is 5.16. The van der Waals surface area contributed by atoms with Crippen molar-refractivity contribution < 1.29 is 14.7 Å². The van der Waals surface area contributed by atoms with Crippen LogP contribution in [0.3, 0.4) is 0 Å². The van der Waals surface area contributed by atoms with Crippen LogP contribution in [0.2, 0.25) is 0 Å². The molecular formula is C9H13N3O3S2. The van der Waals surface area contributed by atoms with E-state index in [0.29, 0.717) is 16.6 Å². The zero-order chi connectivity index (χ0) is 12.8. The molecule has 1 amide bonds. The molecule has 1 rings (SSSR count). The summed E-state index contributed by atoms with van der Waals surface area (Å²) in [6.07, 6.45) is 0. The Morgan fingerprint density at radius 3 is 3.00 bits per heavy atom. The van der Waals surface area contributed by atoms with Crippen LogP contribution in [-0.4, -0.2) is 33.8 Å². The summed E-state index contributed by atoms with van der Waals surface area (Å²) in [6.45, 7) is 1.42. The Morgan fingerprint density at radius 2 is 2.41 bits per heavy atom. The minimum Gasteiger partial charge on any atom is -0.480 e. The Kier molecular flexibility index (Phi) is 5.39. The van der Waals surface area contributed by atoms with Gasteiger partial charge >= 0.3 is 5.97 Å². The molecule has 0 spiro atoms. The van der Waals surface area contributed by atoms with E-state index in [9.17, 15) is 9.59 Å². The summed E-state index contributed by atoms with van der Waals surface area (Å²) in [5.41, 5.74) is 6.16. The summed E-state index contributed by atoms with van der Waals surface area (Å²) in [6, 6.07) is -0.853. The number of carboxylic acid groups (broad SMARTS) is 1. The molecule has 0 saturated heterocycles.